The van der Waals surface area contributed by atoms with Gasteiger partial charge in [-0.3, -0.25) is 9.59 Å². The highest BCUT2D eigenvalue weighted by Crippen LogP contribution is 2.26. The van der Waals surface area contributed by atoms with Crippen molar-refractivity contribution >= 4 is 28.4 Å². The van der Waals surface area contributed by atoms with Gasteiger partial charge in [0.25, 0.3) is 0 Å². The molecule has 6 nitrogen and oxygen atoms in total. The SMILES string of the molecule is NC(=O)CCNCc1cn(Cc2ccc(F)cc2)c2ccc(NC(=O)CCc3ccccc3)cc12. The predicted octanol–water partition coefficient (Wildman–Crippen LogP) is 4.37. The number of hydrogen-bond acceptors (Lipinski definition) is 3. The van der Waals surface area contributed by atoms with Crippen molar-refractivity contribution in [2.45, 2.75) is 32.4 Å². The summed E-state index contributed by atoms with van der Waals surface area (Å²) in [7, 11) is 0. The first kappa shape index (κ1) is 24.2. The Balaban J connectivity index is 1.52. The fourth-order valence-electron chi connectivity index (χ4n) is 4.07. The number of rotatable bonds is 11. The second-order valence-electron chi connectivity index (χ2n) is 8.57. The van der Waals surface area contributed by atoms with E-state index in [-0.39, 0.29) is 24.1 Å². The summed E-state index contributed by atoms with van der Waals surface area (Å²) >= 11 is 0. The minimum Gasteiger partial charge on any atom is -0.370 e. The van der Waals surface area contributed by atoms with E-state index < -0.39 is 0 Å². The molecule has 1 aromatic heterocycles. The largest absolute Gasteiger partial charge is 0.370 e. The van der Waals surface area contributed by atoms with Crippen molar-refractivity contribution in [2.75, 3.05) is 11.9 Å². The molecular formula is C28H29FN4O2. The molecule has 4 N–H and O–H groups in total. The van der Waals surface area contributed by atoms with E-state index >= 15 is 0 Å². The zero-order chi connectivity index (χ0) is 24.6. The average molecular weight is 473 g/mol. The van der Waals surface area contributed by atoms with Crippen LogP contribution in [0, 0.1) is 5.82 Å². The molecule has 2 amide bonds. The van der Waals surface area contributed by atoms with Gasteiger partial charge in [0.15, 0.2) is 0 Å². The van der Waals surface area contributed by atoms with Crippen molar-refractivity contribution in [3.63, 3.8) is 0 Å². The van der Waals surface area contributed by atoms with E-state index in [1.165, 1.54) is 12.1 Å². The number of nitrogens with one attached hydrogen (secondary N) is 2. The van der Waals surface area contributed by atoms with Gasteiger partial charge in [0.1, 0.15) is 5.82 Å². The Hall–Kier alpha value is -3.97. The summed E-state index contributed by atoms with van der Waals surface area (Å²) in [4.78, 5) is 23.6. The average Bonchev–Trinajstić information content (AvgIpc) is 3.19. The van der Waals surface area contributed by atoms with Gasteiger partial charge in [-0.15, -0.1) is 0 Å². The number of halogens is 1. The zero-order valence-corrected chi connectivity index (χ0v) is 19.5. The molecule has 0 aliphatic carbocycles. The predicted molar refractivity (Wildman–Crippen MR) is 136 cm³/mol. The summed E-state index contributed by atoms with van der Waals surface area (Å²) in [5.74, 6) is -0.657. The molecule has 0 unspecified atom stereocenters. The molecule has 0 atom stereocenters. The highest BCUT2D eigenvalue weighted by Gasteiger charge is 2.12. The van der Waals surface area contributed by atoms with Crippen LogP contribution in [0.1, 0.15) is 29.5 Å². The number of carbonyl (C=O) groups excluding carboxylic acids is 2. The molecule has 4 aromatic rings. The summed E-state index contributed by atoms with van der Waals surface area (Å²) in [5, 5.41) is 7.26. The number of nitrogens with zero attached hydrogens (tertiary/aromatic N) is 1. The van der Waals surface area contributed by atoms with Crippen LogP contribution in [0.2, 0.25) is 0 Å². The summed E-state index contributed by atoms with van der Waals surface area (Å²) in [6.07, 6.45) is 3.39. The molecule has 0 aliphatic heterocycles. The molecule has 0 saturated heterocycles. The number of amides is 2. The normalized spacial score (nSPS) is 11.0. The van der Waals surface area contributed by atoms with Crippen molar-refractivity contribution in [1.82, 2.24) is 9.88 Å². The lowest BCUT2D eigenvalue weighted by atomic mass is 10.1. The van der Waals surface area contributed by atoms with Crippen LogP contribution in [0.25, 0.3) is 10.9 Å². The third kappa shape index (κ3) is 6.77. The van der Waals surface area contributed by atoms with Gasteiger partial charge >= 0.3 is 0 Å². The molecule has 0 bridgehead atoms. The van der Waals surface area contributed by atoms with E-state index in [0.29, 0.717) is 32.5 Å². The first-order chi connectivity index (χ1) is 17.0. The molecule has 0 saturated carbocycles. The van der Waals surface area contributed by atoms with Gasteiger partial charge in [-0.25, -0.2) is 4.39 Å². The molecule has 1 heterocycles. The van der Waals surface area contributed by atoms with E-state index in [1.54, 1.807) is 12.1 Å². The Morgan fingerprint density at radius 2 is 1.69 bits per heavy atom. The van der Waals surface area contributed by atoms with Gasteiger partial charge in [-0.1, -0.05) is 42.5 Å². The Labute approximate surface area is 203 Å². The minimum atomic E-state index is -0.350. The van der Waals surface area contributed by atoms with Crippen molar-refractivity contribution in [2.24, 2.45) is 5.73 Å². The Bertz CT molecular complexity index is 1300. The van der Waals surface area contributed by atoms with Crippen molar-refractivity contribution in [1.29, 1.82) is 0 Å². The van der Waals surface area contributed by atoms with Gasteiger partial charge in [0, 0.05) is 55.3 Å². The molecule has 3 aromatic carbocycles. The van der Waals surface area contributed by atoms with Crippen molar-refractivity contribution in [3.8, 4) is 0 Å². The van der Waals surface area contributed by atoms with Gasteiger partial charge in [0.05, 0.1) is 0 Å². The number of nitrogens with two attached hydrogens (primary N) is 1. The number of fused-ring (bicyclic) bond motifs is 1. The molecule has 180 valence electrons. The number of aromatic nitrogens is 1. The molecular weight excluding hydrogens is 443 g/mol. The lowest BCUT2D eigenvalue weighted by Crippen LogP contribution is -2.21. The van der Waals surface area contributed by atoms with E-state index in [4.69, 9.17) is 5.73 Å². The number of carbonyl (C=O) groups is 2. The second kappa shape index (κ2) is 11.4. The fourth-order valence-corrected chi connectivity index (χ4v) is 4.07. The minimum absolute atomic E-state index is 0.0416. The van der Waals surface area contributed by atoms with Crippen molar-refractivity contribution < 1.29 is 14.0 Å². The standard InChI is InChI=1S/C28H29FN4O2/c29-23-9-6-21(7-10-23)18-33-19-22(17-31-15-14-27(30)34)25-16-24(11-12-26(25)33)32-28(35)13-8-20-4-2-1-3-5-20/h1-7,9-12,16,19,31H,8,13-15,17-18H2,(H2,30,34)(H,32,35). The van der Waals surface area contributed by atoms with Crippen LogP contribution in [0.4, 0.5) is 10.1 Å². The van der Waals surface area contributed by atoms with Crippen LogP contribution >= 0.6 is 0 Å². The van der Waals surface area contributed by atoms with Gasteiger partial charge in [-0.2, -0.15) is 0 Å². The zero-order valence-electron chi connectivity index (χ0n) is 19.5. The molecule has 0 radical (unpaired) electrons. The Morgan fingerprint density at radius 1 is 0.914 bits per heavy atom. The molecule has 4 rings (SSSR count). The first-order valence-electron chi connectivity index (χ1n) is 11.7. The number of hydrogen-bond donors (Lipinski definition) is 3. The van der Waals surface area contributed by atoms with Crippen LogP contribution in [0.3, 0.4) is 0 Å². The fraction of sp³-hybridized carbons (Fsp3) is 0.214. The number of primary amides is 1. The third-order valence-corrected chi connectivity index (χ3v) is 5.86. The first-order valence-corrected chi connectivity index (χ1v) is 11.7. The molecule has 0 spiro atoms. The lowest BCUT2D eigenvalue weighted by molar-refractivity contribution is -0.118. The summed E-state index contributed by atoms with van der Waals surface area (Å²) in [6, 6.07) is 22.2. The van der Waals surface area contributed by atoms with Crippen molar-refractivity contribution in [3.05, 3.63) is 102 Å². The molecule has 35 heavy (non-hydrogen) atoms. The van der Waals surface area contributed by atoms with Gasteiger partial charge < -0.3 is 20.9 Å². The summed E-state index contributed by atoms with van der Waals surface area (Å²) < 4.78 is 15.4. The highest BCUT2D eigenvalue weighted by molar-refractivity contribution is 5.95. The number of aryl methyl sites for hydroxylation is 1. The molecule has 0 fully saturated rings. The van der Waals surface area contributed by atoms with Crippen LogP contribution in [-0.4, -0.2) is 22.9 Å². The van der Waals surface area contributed by atoms with E-state index in [1.807, 2.05) is 54.7 Å². The smallest absolute Gasteiger partial charge is 0.224 e. The summed E-state index contributed by atoms with van der Waals surface area (Å²) in [6.45, 7) is 1.61. The summed E-state index contributed by atoms with van der Waals surface area (Å²) in [5.41, 5.74) is 10.1. The Morgan fingerprint density at radius 3 is 2.43 bits per heavy atom. The molecule has 0 aliphatic rings. The quantitative estimate of drug-likeness (QED) is 0.283. The van der Waals surface area contributed by atoms with Crippen LogP contribution in [-0.2, 0) is 29.1 Å². The van der Waals surface area contributed by atoms with E-state index in [9.17, 15) is 14.0 Å². The highest BCUT2D eigenvalue weighted by atomic mass is 19.1. The maximum Gasteiger partial charge on any atom is 0.224 e. The topological polar surface area (TPSA) is 89.2 Å². The lowest BCUT2D eigenvalue weighted by Gasteiger charge is -2.08. The van der Waals surface area contributed by atoms with Crippen LogP contribution in [0.5, 0.6) is 0 Å². The van der Waals surface area contributed by atoms with E-state index in [0.717, 1.165) is 33.3 Å². The Kier molecular flexibility index (Phi) is 7.90. The van der Waals surface area contributed by atoms with E-state index in [2.05, 4.69) is 15.2 Å². The van der Waals surface area contributed by atoms with Crippen LogP contribution < -0.4 is 16.4 Å². The van der Waals surface area contributed by atoms with Gasteiger partial charge in [-0.05, 0) is 53.4 Å². The number of anilines is 1. The monoisotopic (exact) mass is 472 g/mol. The second-order valence-corrected chi connectivity index (χ2v) is 8.57. The van der Waals surface area contributed by atoms with Gasteiger partial charge in [0.2, 0.25) is 11.8 Å². The maximum atomic E-state index is 13.3. The van der Waals surface area contributed by atoms with Crippen LogP contribution in [0.15, 0.2) is 79.0 Å². The maximum absolute atomic E-state index is 13.3. The third-order valence-electron chi connectivity index (χ3n) is 5.86. The number of benzene rings is 3. The molecule has 7 heteroatoms.